The Morgan fingerprint density at radius 1 is 0.947 bits per heavy atom. The number of carbonyl (C=O) groups is 3. The quantitative estimate of drug-likeness (QED) is 0.517. The van der Waals surface area contributed by atoms with Crippen molar-refractivity contribution < 1.29 is 33.7 Å². The first-order valence-electron chi connectivity index (χ1n) is 5.47. The number of benzene rings is 1. The molecule has 0 aromatic heterocycles. The van der Waals surface area contributed by atoms with Crippen LogP contribution in [0.25, 0.3) is 0 Å². The van der Waals surface area contributed by atoms with Crippen molar-refractivity contribution in [1.82, 2.24) is 0 Å². The van der Waals surface area contributed by atoms with Crippen LogP contribution in [0.4, 0.5) is 0 Å². The molecule has 3 rings (SSSR count). The van der Waals surface area contributed by atoms with Gasteiger partial charge in [0.05, 0.1) is 12.8 Å². The van der Waals surface area contributed by atoms with Crippen LogP contribution in [0.1, 0.15) is 12.8 Å². The second-order valence-corrected chi connectivity index (χ2v) is 4.31. The minimum Gasteiger partial charge on any atom is -0.422 e. The van der Waals surface area contributed by atoms with Gasteiger partial charge >= 0.3 is 17.9 Å². The largest absolute Gasteiger partial charge is 0.422 e. The fourth-order valence-corrected chi connectivity index (χ4v) is 1.95. The standard InChI is InChI=1S/C12H8O7/c13-8-4-12(16)5-9(14)18-7-3-1-2-6(17-8)10(7)19-11(12)15/h1-3,16H,4-5H2. The summed E-state index contributed by atoms with van der Waals surface area (Å²) in [6.45, 7) is 0. The number of hydrogen-bond donors (Lipinski definition) is 1. The van der Waals surface area contributed by atoms with Crippen molar-refractivity contribution in [3.63, 3.8) is 0 Å². The lowest BCUT2D eigenvalue weighted by Crippen LogP contribution is -2.48. The highest BCUT2D eigenvalue weighted by atomic mass is 16.6. The summed E-state index contributed by atoms with van der Waals surface area (Å²) in [5.74, 6) is -2.98. The first-order chi connectivity index (χ1) is 8.98. The molecule has 0 spiro atoms. The van der Waals surface area contributed by atoms with E-state index in [0.29, 0.717) is 0 Å². The fraction of sp³-hybridized carbons (Fsp3) is 0.250. The summed E-state index contributed by atoms with van der Waals surface area (Å²) in [6, 6.07) is 4.27. The number of rotatable bonds is 0. The normalized spacial score (nSPS) is 20.4. The van der Waals surface area contributed by atoms with E-state index < -0.39 is 36.4 Å². The molecule has 2 bridgehead atoms. The number of para-hydroxylation sites is 1. The van der Waals surface area contributed by atoms with Crippen molar-refractivity contribution in [3.05, 3.63) is 18.2 Å². The molecule has 0 fully saturated rings. The van der Waals surface area contributed by atoms with Gasteiger partial charge in [0, 0.05) is 0 Å². The van der Waals surface area contributed by atoms with Crippen LogP contribution in [0.15, 0.2) is 18.2 Å². The molecule has 2 aliphatic heterocycles. The van der Waals surface area contributed by atoms with Gasteiger partial charge < -0.3 is 19.3 Å². The smallest absolute Gasteiger partial charge is 0.345 e. The molecule has 0 unspecified atom stereocenters. The number of fused-ring (bicyclic) bond motifs is 2. The van der Waals surface area contributed by atoms with E-state index in [1.165, 1.54) is 18.2 Å². The number of ether oxygens (including phenoxy) is 3. The van der Waals surface area contributed by atoms with Gasteiger partial charge in [0.1, 0.15) is 0 Å². The lowest BCUT2D eigenvalue weighted by molar-refractivity contribution is -0.170. The van der Waals surface area contributed by atoms with Crippen LogP contribution < -0.4 is 14.2 Å². The number of aliphatic hydroxyl groups is 1. The first-order valence-corrected chi connectivity index (χ1v) is 5.47. The molecule has 1 N–H and O–H groups in total. The van der Waals surface area contributed by atoms with Crippen molar-refractivity contribution in [3.8, 4) is 17.2 Å². The molecule has 98 valence electrons. The summed E-state index contributed by atoms with van der Waals surface area (Å²) < 4.78 is 14.9. The topological polar surface area (TPSA) is 99.1 Å². The third-order valence-electron chi connectivity index (χ3n) is 2.84. The summed E-state index contributed by atoms with van der Waals surface area (Å²) in [5, 5.41) is 10.1. The fourth-order valence-electron chi connectivity index (χ4n) is 1.95. The van der Waals surface area contributed by atoms with Crippen molar-refractivity contribution >= 4 is 17.9 Å². The van der Waals surface area contributed by atoms with Gasteiger partial charge in [0.2, 0.25) is 5.75 Å². The van der Waals surface area contributed by atoms with Gasteiger partial charge in [-0.2, -0.15) is 0 Å². The maximum absolute atomic E-state index is 11.9. The lowest BCUT2D eigenvalue weighted by atomic mass is 9.95. The number of carbonyl (C=O) groups excluding carboxylic acids is 3. The molecule has 7 heteroatoms. The molecule has 7 nitrogen and oxygen atoms in total. The zero-order valence-electron chi connectivity index (χ0n) is 9.54. The molecule has 0 atom stereocenters. The van der Waals surface area contributed by atoms with Crippen molar-refractivity contribution in [2.75, 3.05) is 0 Å². The van der Waals surface area contributed by atoms with Gasteiger partial charge in [-0.15, -0.1) is 0 Å². The van der Waals surface area contributed by atoms with E-state index in [2.05, 4.69) is 0 Å². The Balaban J connectivity index is 2.24. The minimum absolute atomic E-state index is 0.0346. The number of esters is 3. The zero-order chi connectivity index (χ0) is 13.6. The Kier molecular flexibility index (Phi) is 2.33. The highest BCUT2D eigenvalue weighted by Gasteiger charge is 2.47. The Morgan fingerprint density at radius 2 is 1.47 bits per heavy atom. The molecule has 0 aliphatic carbocycles. The molecule has 2 heterocycles. The zero-order valence-corrected chi connectivity index (χ0v) is 9.54. The molecule has 1 aromatic rings. The van der Waals surface area contributed by atoms with Crippen LogP contribution in [-0.2, 0) is 14.4 Å². The summed E-state index contributed by atoms with van der Waals surface area (Å²) in [6.07, 6.45) is -1.35. The second kappa shape index (κ2) is 3.79. The molecule has 1 aromatic carbocycles. The maximum Gasteiger partial charge on any atom is 0.345 e. The Morgan fingerprint density at radius 3 is 2.00 bits per heavy atom. The van der Waals surface area contributed by atoms with Crippen LogP contribution in [-0.4, -0.2) is 28.6 Å². The molecule has 19 heavy (non-hydrogen) atoms. The maximum atomic E-state index is 11.9. The van der Waals surface area contributed by atoms with Crippen LogP contribution in [0.3, 0.4) is 0 Å². The third-order valence-corrected chi connectivity index (χ3v) is 2.84. The van der Waals surface area contributed by atoms with Crippen molar-refractivity contribution in [2.24, 2.45) is 0 Å². The highest BCUT2D eigenvalue weighted by molar-refractivity contribution is 5.95. The van der Waals surface area contributed by atoms with E-state index in [0.717, 1.165) is 0 Å². The Hall–Kier alpha value is -2.41. The number of hydrogen-bond acceptors (Lipinski definition) is 7. The van der Waals surface area contributed by atoms with Crippen LogP contribution in [0.2, 0.25) is 0 Å². The van der Waals surface area contributed by atoms with E-state index in [-0.39, 0.29) is 17.2 Å². The lowest BCUT2D eigenvalue weighted by Gasteiger charge is -2.29. The predicted molar refractivity (Wildman–Crippen MR) is 57.5 cm³/mol. The van der Waals surface area contributed by atoms with Crippen molar-refractivity contribution in [1.29, 1.82) is 0 Å². The molecular formula is C12H8O7. The summed E-state index contributed by atoms with van der Waals surface area (Å²) in [7, 11) is 0. The van der Waals surface area contributed by atoms with Crippen LogP contribution >= 0.6 is 0 Å². The average Bonchev–Trinajstić information content (AvgIpc) is 2.29. The predicted octanol–water partition coefficient (Wildman–Crippen LogP) is -0.0587. The molecule has 0 amide bonds. The molecule has 2 aliphatic rings. The van der Waals surface area contributed by atoms with Gasteiger partial charge in [-0.1, -0.05) is 6.07 Å². The average molecular weight is 264 g/mol. The van der Waals surface area contributed by atoms with E-state index in [1.54, 1.807) is 0 Å². The molecule has 0 saturated carbocycles. The van der Waals surface area contributed by atoms with Crippen LogP contribution in [0, 0.1) is 0 Å². The molecule has 0 radical (unpaired) electrons. The summed E-state index contributed by atoms with van der Waals surface area (Å²) in [5.41, 5.74) is -2.26. The molecule has 0 saturated heterocycles. The Bertz CT molecular complexity index is 566. The highest BCUT2D eigenvalue weighted by Crippen LogP contribution is 2.42. The van der Waals surface area contributed by atoms with E-state index in [1.807, 2.05) is 0 Å². The minimum atomic E-state index is -2.26. The van der Waals surface area contributed by atoms with Crippen molar-refractivity contribution in [2.45, 2.75) is 18.4 Å². The van der Waals surface area contributed by atoms with Gasteiger partial charge in [-0.25, -0.2) is 4.79 Å². The van der Waals surface area contributed by atoms with E-state index in [9.17, 15) is 19.5 Å². The van der Waals surface area contributed by atoms with Crippen LogP contribution in [0.5, 0.6) is 17.2 Å². The SMILES string of the molecule is O=C1CC2(O)CC(=O)Oc3cccc(c3OC2=O)O1. The Labute approximate surface area is 106 Å². The summed E-state index contributed by atoms with van der Waals surface area (Å²) in [4.78, 5) is 35.1. The molecular weight excluding hydrogens is 256 g/mol. The third kappa shape index (κ3) is 1.84. The van der Waals surface area contributed by atoms with Gasteiger partial charge in [-0.05, 0) is 12.1 Å². The van der Waals surface area contributed by atoms with E-state index in [4.69, 9.17) is 14.2 Å². The monoisotopic (exact) mass is 264 g/mol. The van der Waals surface area contributed by atoms with E-state index >= 15 is 0 Å². The first kappa shape index (κ1) is 11.7. The summed E-state index contributed by atoms with van der Waals surface area (Å²) >= 11 is 0. The van der Waals surface area contributed by atoms with Gasteiger partial charge in [0.15, 0.2) is 17.1 Å². The second-order valence-electron chi connectivity index (χ2n) is 4.31. The van der Waals surface area contributed by atoms with Gasteiger partial charge in [0.25, 0.3) is 0 Å². The van der Waals surface area contributed by atoms with Gasteiger partial charge in [-0.3, -0.25) is 9.59 Å².